The van der Waals surface area contributed by atoms with Crippen LogP contribution in [-0.4, -0.2) is 63.8 Å². The van der Waals surface area contributed by atoms with Crippen LogP contribution in [0.3, 0.4) is 0 Å². The maximum absolute atomic E-state index is 13.3. The van der Waals surface area contributed by atoms with Gasteiger partial charge in [0.05, 0.1) is 17.4 Å². The summed E-state index contributed by atoms with van der Waals surface area (Å²) in [6, 6.07) is 14.1. The van der Waals surface area contributed by atoms with Gasteiger partial charge in [-0.25, -0.2) is 0 Å². The fraction of sp³-hybridized carbons (Fsp3) is 0.357. The predicted molar refractivity (Wildman–Crippen MR) is 146 cm³/mol. The van der Waals surface area contributed by atoms with Crippen LogP contribution in [0.5, 0.6) is 0 Å². The van der Waals surface area contributed by atoms with Gasteiger partial charge in [0.2, 0.25) is 5.91 Å². The molecule has 0 unspecified atom stereocenters. The molecule has 0 aliphatic carbocycles. The lowest BCUT2D eigenvalue weighted by Crippen LogP contribution is -2.46. The third kappa shape index (κ3) is 6.25. The molecule has 7 nitrogen and oxygen atoms in total. The Kier molecular flexibility index (Phi) is 8.71. The van der Waals surface area contributed by atoms with Gasteiger partial charge in [-0.1, -0.05) is 35.9 Å². The lowest BCUT2D eigenvalue weighted by atomic mass is 9.95. The van der Waals surface area contributed by atoms with Gasteiger partial charge in [-0.05, 0) is 79.9 Å². The zero-order valence-corrected chi connectivity index (χ0v) is 22.6. The minimum absolute atomic E-state index is 0.102. The van der Waals surface area contributed by atoms with E-state index in [9.17, 15) is 19.2 Å². The van der Waals surface area contributed by atoms with Crippen molar-refractivity contribution in [3.05, 3.63) is 75.1 Å². The van der Waals surface area contributed by atoms with Gasteiger partial charge in [-0.3, -0.25) is 24.1 Å². The number of rotatable bonds is 7. The van der Waals surface area contributed by atoms with Gasteiger partial charge in [0.1, 0.15) is 0 Å². The first-order valence-corrected chi connectivity index (χ1v) is 13.7. The molecule has 0 aromatic heterocycles. The topological polar surface area (TPSA) is 78.0 Å². The Balaban J connectivity index is 1.47. The molecule has 0 saturated carbocycles. The van der Waals surface area contributed by atoms with Gasteiger partial charge < -0.3 is 9.80 Å². The highest BCUT2D eigenvalue weighted by Crippen LogP contribution is 2.33. The molecule has 2 aromatic rings. The van der Waals surface area contributed by atoms with Crippen molar-refractivity contribution in [3.63, 3.8) is 0 Å². The van der Waals surface area contributed by atoms with Crippen LogP contribution in [-0.2, 0) is 16.1 Å². The molecule has 0 spiro atoms. The van der Waals surface area contributed by atoms with E-state index in [1.54, 1.807) is 53.4 Å². The predicted octanol–water partition coefficient (Wildman–Crippen LogP) is 5.30. The van der Waals surface area contributed by atoms with Crippen LogP contribution < -0.4 is 0 Å². The third-order valence-corrected chi connectivity index (χ3v) is 7.81. The van der Waals surface area contributed by atoms with Gasteiger partial charge in [-0.15, -0.1) is 0 Å². The molecule has 9 heteroatoms. The van der Waals surface area contributed by atoms with Crippen molar-refractivity contribution in [2.24, 2.45) is 5.92 Å². The van der Waals surface area contributed by atoms with E-state index >= 15 is 0 Å². The molecule has 1 atom stereocenters. The van der Waals surface area contributed by atoms with E-state index in [1.165, 1.54) is 4.90 Å². The Morgan fingerprint density at radius 3 is 2.59 bits per heavy atom. The van der Waals surface area contributed by atoms with Crippen LogP contribution in [0.4, 0.5) is 4.79 Å². The molecule has 0 radical (unpaired) electrons. The second-order valence-electron chi connectivity index (χ2n) is 9.12. The fourth-order valence-electron chi connectivity index (χ4n) is 4.71. The summed E-state index contributed by atoms with van der Waals surface area (Å²) in [6.45, 7) is 6.39. The number of amides is 4. The summed E-state index contributed by atoms with van der Waals surface area (Å²) in [5, 5.41) is 0.194. The summed E-state index contributed by atoms with van der Waals surface area (Å²) < 4.78 is 0. The first-order valence-electron chi connectivity index (χ1n) is 12.5. The number of imide groups is 1. The minimum atomic E-state index is -0.375. The number of thioether (sulfide) groups is 1. The Hall–Kier alpha value is -3.10. The first-order chi connectivity index (χ1) is 17.8. The summed E-state index contributed by atoms with van der Waals surface area (Å²) in [6.07, 6.45) is 3.20. The molecule has 4 amide bonds. The molecule has 37 heavy (non-hydrogen) atoms. The van der Waals surface area contributed by atoms with Crippen LogP contribution in [0.2, 0.25) is 5.02 Å². The van der Waals surface area contributed by atoms with Crippen LogP contribution >= 0.6 is 23.4 Å². The molecule has 0 bridgehead atoms. The Labute approximate surface area is 226 Å². The van der Waals surface area contributed by atoms with E-state index < -0.39 is 0 Å². The lowest BCUT2D eigenvalue weighted by molar-refractivity contribution is -0.136. The maximum Gasteiger partial charge on any atom is 0.293 e. The number of nitrogens with zero attached hydrogens (tertiary/aromatic N) is 3. The van der Waals surface area contributed by atoms with Gasteiger partial charge >= 0.3 is 0 Å². The average Bonchev–Trinajstić information content (AvgIpc) is 3.16. The number of carbonyl (C=O) groups excluding carboxylic acids is 4. The van der Waals surface area contributed by atoms with Crippen molar-refractivity contribution in [3.8, 4) is 0 Å². The zero-order valence-electron chi connectivity index (χ0n) is 21.0. The monoisotopic (exact) mass is 539 g/mol. The normalized spacial score (nSPS) is 19.0. The number of hydrogen-bond acceptors (Lipinski definition) is 5. The largest absolute Gasteiger partial charge is 0.343 e. The second kappa shape index (κ2) is 12.0. The Morgan fingerprint density at radius 2 is 1.86 bits per heavy atom. The summed E-state index contributed by atoms with van der Waals surface area (Å²) >= 11 is 6.91. The lowest BCUT2D eigenvalue weighted by Gasteiger charge is -2.34. The van der Waals surface area contributed by atoms with Crippen LogP contribution in [0, 0.1) is 5.92 Å². The molecule has 0 N–H and O–H groups in total. The Morgan fingerprint density at radius 1 is 1.11 bits per heavy atom. The van der Waals surface area contributed by atoms with Crippen molar-refractivity contribution < 1.29 is 19.2 Å². The van der Waals surface area contributed by atoms with E-state index in [4.69, 9.17) is 11.6 Å². The molecule has 2 aliphatic heterocycles. The number of hydrogen-bond donors (Lipinski definition) is 0. The van der Waals surface area contributed by atoms with Gasteiger partial charge in [0, 0.05) is 36.8 Å². The van der Waals surface area contributed by atoms with E-state index in [2.05, 4.69) is 0 Å². The van der Waals surface area contributed by atoms with Crippen LogP contribution in [0.1, 0.15) is 48.2 Å². The highest BCUT2D eigenvalue weighted by Gasteiger charge is 2.35. The molecule has 194 valence electrons. The van der Waals surface area contributed by atoms with Crippen LogP contribution in [0.15, 0.2) is 53.4 Å². The smallest absolute Gasteiger partial charge is 0.293 e. The van der Waals surface area contributed by atoms with Crippen molar-refractivity contribution in [1.29, 1.82) is 0 Å². The number of piperidine rings is 1. The van der Waals surface area contributed by atoms with E-state index in [0.29, 0.717) is 47.2 Å². The highest BCUT2D eigenvalue weighted by atomic mass is 35.5. The number of halogens is 1. The Bertz CT molecular complexity index is 1240. The molecular formula is C28H30ClN3O4S. The molecule has 2 heterocycles. The summed E-state index contributed by atoms with van der Waals surface area (Å²) in [5.74, 6) is -0.599. The van der Waals surface area contributed by atoms with Crippen molar-refractivity contribution in [2.45, 2.75) is 33.2 Å². The number of likely N-dealkylation sites (tertiary alicyclic amines) is 1. The number of carbonyl (C=O) groups is 4. The third-order valence-electron chi connectivity index (χ3n) is 6.67. The standard InChI is InChI=1S/C28H30ClN3O4S/c1-3-30(4-2)26(34)22-11-7-13-31(18-22)25(33)21-10-5-8-19(14-21)16-24-27(35)32(28(36)37-24)17-20-9-6-12-23(29)15-20/h5-6,8-10,12,14-16,22H,3-4,7,11,13,17-18H2,1-2H3/b24-16-/t22-/m1/s1. The number of benzene rings is 2. The molecule has 4 rings (SSSR count). The quantitative estimate of drug-likeness (QED) is 0.446. The molecular weight excluding hydrogens is 510 g/mol. The highest BCUT2D eigenvalue weighted by molar-refractivity contribution is 8.18. The summed E-state index contributed by atoms with van der Waals surface area (Å²) in [4.78, 5) is 56.7. The molecule has 2 aromatic carbocycles. The van der Waals surface area contributed by atoms with Crippen molar-refractivity contribution >= 4 is 52.4 Å². The minimum Gasteiger partial charge on any atom is -0.343 e. The molecule has 2 fully saturated rings. The maximum atomic E-state index is 13.3. The average molecular weight is 540 g/mol. The second-order valence-corrected chi connectivity index (χ2v) is 10.6. The van der Waals surface area contributed by atoms with Gasteiger partial charge in [-0.2, -0.15) is 0 Å². The van der Waals surface area contributed by atoms with Crippen molar-refractivity contribution in [1.82, 2.24) is 14.7 Å². The molecule has 2 aliphatic rings. The zero-order chi connectivity index (χ0) is 26.5. The fourth-order valence-corrected chi connectivity index (χ4v) is 5.76. The van der Waals surface area contributed by atoms with Crippen LogP contribution in [0.25, 0.3) is 6.08 Å². The van der Waals surface area contributed by atoms with E-state index in [1.807, 2.05) is 24.8 Å². The van der Waals surface area contributed by atoms with E-state index in [-0.39, 0.29) is 35.4 Å². The molecule has 2 saturated heterocycles. The van der Waals surface area contributed by atoms with E-state index in [0.717, 1.165) is 30.2 Å². The van der Waals surface area contributed by atoms with Gasteiger partial charge in [0.15, 0.2) is 0 Å². The van der Waals surface area contributed by atoms with Gasteiger partial charge in [0.25, 0.3) is 17.1 Å². The first kappa shape index (κ1) is 26.9. The SMILES string of the molecule is CCN(CC)C(=O)[C@@H]1CCCN(C(=O)c2cccc(/C=C3\SC(=O)N(Cc4cccc(Cl)c4)C3=O)c2)C1. The van der Waals surface area contributed by atoms with Crippen molar-refractivity contribution in [2.75, 3.05) is 26.2 Å². The summed E-state index contributed by atoms with van der Waals surface area (Å²) in [7, 11) is 0. The summed E-state index contributed by atoms with van der Waals surface area (Å²) in [5.41, 5.74) is 1.91.